The number of hydrogen-bond acceptors (Lipinski definition) is 6. The molecule has 0 bridgehead atoms. The molecule has 3 N–H and O–H groups in total. The molecule has 3 heterocycles. The molecule has 2 aromatic heterocycles. The van der Waals surface area contributed by atoms with Crippen LogP contribution in [0.15, 0.2) is 82.4 Å². The molecule has 0 unspecified atom stereocenters. The monoisotopic (exact) mass is 594 g/mol. The number of fused-ring (bicyclic) bond motifs is 1. The highest BCUT2D eigenvalue weighted by atomic mass is 32.1. The molecule has 1 saturated heterocycles. The minimum Gasteiger partial charge on any atom is -0.326 e. The van der Waals surface area contributed by atoms with E-state index in [0.717, 1.165) is 60.3 Å². The van der Waals surface area contributed by atoms with Crippen molar-refractivity contribution in [1.29, 1.82) is 0 Å². The zero-order valence-corrected chi connectivity index (χ0v) is 24.9. The van der Waals surface area contributed by atoms with Gasteiger partial charge >= 0.3 is 5.69 Å². The third kappa shape index (κ3) is 6.21. The van der Waals surface area contributed by atoms with E-state index in [1.807, 2.05) is 65.2 Å². The van der Waals surface area contributed by atoms with Crippen molar-refractivity contribution >= 4 is 35.3 Å². The third-order valence-electron chi connectivity index (χ3n) is 8.04. The van der Waals surface area contributed by atoms with Gasteiger partial charge in [0.1, 0.15) is 5.69 Å². The highest BCUT2D eigenvalue weighted by Gasteiger charge is 2.24. The largest absolute Gasteiger partial charge is 0.326 e. The molecule has 1 aliphatic rings. The highest BCUT2D eigenvalue weighted by molar-refractivity contribution is 7.80. The second kappa shape index (κ2) is 12.4. The molecule has 10 heteroatoms. The minimum absolute atomic E-state index is 0.0746. The number of carbonyl (C=O) groups excluding carboxylic acids is 1. The molecule has 3 aromatic carbocycles. The lowest BCUT2D eigenvalue weighted by atomic mass is 10.0. The SMILES string of the molecule is Cc1nc(-c2ccccc2)c(-c2ccc(CN3CCC(n4c(=O)[nH]c5ccc(NC(=O)CCS)cc54)CC3)cc2)[nH]c1=O. The van der Waals surface area contributed by atoms with Crippen LogP contribution in [0.2, 0.25) is 0 Å². The van der Waals surface area contributed by atoms with Crippen LogP contribution in [0.4, 0.5) is 5.69 Å². The quantitative estimate of drug-likeness (QED) is 0.186. The Labute approximate surface area is 254 Å². The van der Waals surface area contributed by atoms with Crippen LogP contribution in [0.1, 0.15) is 36.6 Å². The lowest BCUT2D eigenvalue weighted by Crippen LogP contribution is -2.36. The van der Waals surface area contributed by atoms with Gasteiger partial charge in [-0.05, 0) is 49.3 Å². The Balaban J connectivity index is 1.14. The minimum atomic E-state index is -0.189. The number of piperidine rings is 1. The lowest BCUT2D eigenvalue weighted by Gasteiger charge is -2.32. The number of aryl methyl sites for hydroxylation is 1. The Bertz CT molecular complexity index is 1870. The standard InChI is InChI=1S/C33H34N6O3S/c1-21-32(41)37-31(30(34-21)23-5-3-2-4-6-23)24-9-7-22(8-10-24)20-38-16-13-26(14-17-38)39-28-19-25(35-29(40)15-18-43)11-12-27(28)36-33(39)42/h2-12,19,26,43H,13-18,20H2,1H3,(H,35,40)(H,36,42)(H,37,41). The lowest BCUT2D eigenvalue weighted by molar-refractivity contribution is -0.115. The van der Waals surface area contributed by atoms with Gasteiger partial charge in [-0.1, -0.05) is 54.6 Å². The van der Waals surface area contributed by atoms with Gasteiger partial charge in [0, 0.05) is 48.9 Å². The fourth-order valence-corrected chi connectivity index (χ4v) is 6.01. The first-order valence-electron chi connectivity index (χ1n) is 14.5. The van der Waals surface area contributed by atoms with Crippen LogP contribution in [0.25, 0.3) is 33.5 Å². The second-order valence-corrected chi connectivity index (χ2v) is 11.4. The van der Waals surface area contributed by atoms with Crippen molar-refractivity contribution < 1.29 is 4.79 Å². The Morgan fingerprint density at radius 1 is 0.977 bits per heavy atom. The summed E-state index contributed by atoms with van der Waals surface area (Å²) in [7, 11) is 0. The molecule has 5 aromatic rings. The van der Waals surface area contributed by atoms with Crippen molar-refractivity contribution in [3.05, 3.63) is 105 Å². The van der Waals surface area contributed by atoms with E-state index < -0.39 is 0 Å². The first kappa shape index (κ1) is 28.7. The van der Waals surface area contributed by atoms with E-state index in [9.17, 15) is 14.4 Å². The summed E-state index contributed by atoms with van der Waals surface area (Å²) in [4.78, 5) is 50.4. The predicted octanol–water partition coefficient (Wildman–Crippen LogP) is 5.15. The van der Waals surface area contributed by atoms with E-state index in [-0.39, 0.29) is 23.2 Å². The van der Waals surface area contributed by atoms with Crippen molar-refractivity contribution in [2.24, 2.45) is 0 Å². The maximum absolute atomic E-state index is 12.9. The van der Waals surface area contributed by atoms with Crippen LogP contribution < -0.4 is 16.6 Å². The number of thiol groups is 1. The molecular formula is C33H34N6O3S. The van der Waals surface area contributed by atoms with Gasteiger partial charge in [0.2, 0.25) is 5.91 Å². The summed E-state index contributed by atoms with van der Waals surface area (Å²) >= 11 is 4.13. The highest BCUT2D eigenvalue weighted by Crippen LogP contribution is 2.30. The fraction of sp³-hybridized carbons (Fsp3) is 0.273. The van der Waals surface area contributed by atoms with E-state index >= 15 is 0 Å². The van der Waals surface area contributed by atoms with E-state index in [2.05, 4.69) is 49.9 Å². The number of aromatic amines is 2. The number of nitrogens with zero attached hydrogens (tertiary/aromatic N) is 3. The van der Waals surface area contributed by atoms with Crippen LogP contribution >= 0.6 is 12.6 Å². The third-order valence-corrected chi connectivity index (χ3v) is 8.27. The average molecular weight is 595 g/mol. The zero-order valence-electron chi connectivity index (χ0n) is 24.0. The summed E-state index contributed by atoms with van der Waals surface area (Å²) in [5.41, 5.74) is 6.88. The van der Waals surface area contributed by atoms with Crippen LogP contribution in [0.3, 0.4) is 0 Å². The summed E-state index contributed by atoms with van der Waals surface area (Å²) in [6.45, 7) is 4.24. The molecule has 0 atom stereocenters. The van der Waals surface area contributed by atoms with Crippen molar-refractivity contribution in [2.45, 2.75) is 38.8 Å². The molecular weight excluding hydrogens is 560 g/mol. The molecule has 1 aliphatic heterocycles. The Kier molecular flexibility index (Phi) is 8.31. The number of nitrogens with one attached hydrogen (secondary N) is 3. The van der Waals surface area contributed by atoms with Gasteiger partial charge in [0.15, 0.2) is 0 Å². The summed E-state index contributed by atoms with van der Waals surface area (Å²) < 4.78 is 1.84. The van der Waals surface area contributed by atoms with E-state index in [4.69, 9.17) is 0 Å². The molecule has 1 amide bonds. The van der Waals surface area contributed by atoms with Gasteiger partial charge in [0.25, 0.3) is 5.56 Å². The molecule has 0 spiro atoms. The molecule has 9 nitrogen and oxygen atoms in total. The second-order valence-electron chi connectivity index (χ2n) is 11.0. The Morgan fingerprint density at radius 3 is 2.44 bits per heavy atom. The number of rotatable bonds is 8. The zero-order chi connectivity index (χ0) is 29.9. The van der Waals surface area contributed by atoms with Crippen molar-refractivity contribution in [2.75, 3.05) is 24.2 Å². The van der Waals surface area contributed by atoms with Gasteiger partial charge in [0.05, 0.1) is 22.4 Å². The molecule has 6 rings (SSSR count). The number of hydrogen-bond donors (Lipinski definition) is 4. The molecule has 43 heavy (non-hydrogen) atoms. The Morgan fingerprint density at radius 2 is 1.72 bits per heavy atom. The summed E-state index contributed by atoms with van der Waals surface area (Å²) in [6, 6.07) is 23.7. The van der Waals surface area contributed by atoms with Gasteiger partial charge in [-0.25, -0.2) is 9.78 Å². The maximum Gasteiger partial charge on any atom is 0.326 e. The number of benzene rings is 3. The van der Waals surface area contributed by atoms with Crippen LogP contribution in [-0.2, 0) is 11.3 Å². The van der Waals surface area contributed by atoms with Gasteiger partial charge in [-0.15, -0.1) is 0 Å². The normalized spacial score (nSPS) is 14.3. The topological polar surface area (TPSA) is 116 Å². The van der Waals surface area contributed by atoms with Gasteiger partial charge in [-0.2, -0.15) is 12.6 Å². The number of aromatic nitrogens is 4. The predicted molar refractivity (Wildman–Crippen MR) is 174 cm³/mol. The number of amides is 1. The first-order valence-corrected chi connectivity index (χ1v) is 15.2. The van der Waals surface area contributed by atoms with Crippen molar-refractivity contribution in [1.82, 2.24) is 24.4 Å². The summed E-state index contributed by atoms with van der Waals surface area (Å²) in [5.74, 6) is 0.381. The fourth-order valence-electron chi connectivity index (χ4n) is 5.81. The Hall–Kier alpha value is -4.41. The maximum atomic E-state index is 12.9. The summed E-state index contributed by atoms with van der Waals surface area (Å²) in [5, 5.41) is 2.89. The smallest absolute Gasteiger partial charge is 0.326 e. The summed E-state index contributed by atoms with van der Waals surface area (Å²) in [6.07, 6.45) is 2.02. The van der Waals surface area contributed by atoms with Crippen LogP contribution in [-0.4, -0.2) is 49.2 Å². The molecule has 0 aliphatic carbocycles. The van der Waals surface area contributed by atoms with E-state index in [0.29, 0.717) is 29.2 Å². The van der Waals surface area contributed by atoms with Crippen LogP contribution in [0.5, 0.6) is 0 Å². The van der Waals surface area contributed by atoms with Gasteiger partial charge in [-0.3, -0.25) is 19.1 Å². The van der Waals surface area contributed by atoms with E-state index in [1.54, 1.807) is 6.92 Å². The number of anilines is 1. The molecule has 0 saturated carbocycles. The van der Waals surface area contributed by atoms with Crippen molar-refractivity contribution in [3.63, 3.8) is 0 Å². The molecule has 1 fully saturated rings. The molecule has 220 valence electrons. The number of H-pyrrole nitrogens is 2. The van der Waals surface area contributed by atoms with Crippen molar-refractivity contribution in [3.8, 4) is 22.5 Å². The first-order chi connectivity index (χ1) is 20.9. The average Bonchev–Trinajstić information content (AvgIpc) is 3.34. The van der Waals surface area contributed by atoms with Gasteiger partial charge < -0.3 is 15.3 Å². The molecule has 0 radical (unpaired) electrons. The number of carbonyl (C=O) groups is 1. The van der Waals surface area contributed by atoms with Crippen LogP contribution in [0, 0.1) is 6.92 Å². The number of imidazole rings is 1. The number of likely N-dealkylation sites (tertiary alicyclic amines) is 1. The van der Waals surface area contributed by atoms with E-state index in [1.165, 1.54) is 5.56 Å².